The van der Waals surface area contributed by atoms with Crippen LogP contribution in [-0.4, -0.2) is 57.3 Å². The number of hydrogen-bond donors (Lipinski definition) is 0. The van der Waals surface area contributed by atoms with Crippen LogP contribution in [0.15, 0.2) is 6.33 Å². The molecule has 0 unspecified atom stereocenters. The van der Waals surface area contributed by atoms with E-state index >= 15 is 0 Å². The molecule has 100 valence electrons. The summed E-state index contributed by atoms with van der Waals surface area (Å²) < 4.78 is 6.97. The molecular formula is C11H19N5O2. The van der Waals surface area contributed by atoms with E-state index in [2.05, 4.69) is 22.4 Å². The minimum absolute atomic E-state index is 0.0697. The number of rotatable bonds is 6. The van der Waals surface area contributed by atoms with Crippen molar-refractivity contribution in [1.29, 1.82) is 0 Å². The summed E-state index contributed by atoms with van der Waals surface area (Å²) in [4.78, 5) is 13.8. The average molecular weight is 253 g/mol. The Balaban J connectivity index is 1.72. The van der Waals surface area contributed by atoms with Gasteiger partial charge in [-0.05, 0) is 23.3 Å². The lowest BCUT2D eigenvalue weighted by Gasteiger charge is -2.16. The number of carbonyl (C=O) groups is 1. The third kappa shape index (κ3) is 3.49. The Bertz CT molecular complexity index is 368. The highest BCUT2D eigenvalue weighted by molar-refractivity contribution is 5.76. The fourth-order valence-corrected chi connectivity index (χ4v) is 2.08. The normalized spacial score (nSPS) is 19.4. The maximum atomic E-state index is 12.0. The highest BCUT2D eigenvalue weighted by Crippen LogP contribution is 2.16. The Morgan fingerprint density at radius 3 is 3.17 bits per heavy atom. The Hall–Kier alpha value is -1.50. The van der Waals surface area contributed by atoms with Gasteiger partial charge < -0.3 is 9.64 Å². The fraction of sp³-hybridized carbons (Fsp3) is 0.818. The summed E-state index contributed by atoms with van der Waals surface area (Å²) in [7, 11) is 0. The first-order chi connectivity index (χ1) is 8.79. The predicted octanol–water partition coefficient (Wildman–Crippen LogP) is -0.0518. The molecule has 0 bridgehead atoms. The number of carbonyl (C=O) groups excluding carboxylic acids is 1. The summed E-state index contributed by atoms with van der Waals surface area (Å²) in [6.45, 7) is 5.45. The molecule has 0 radical (unpaired) electrons. The monoisotopic (exact) mass is 253 g/mol. The van der Waals surface area contributed by atoms with E-state index in [1.54, 1.807) is 0 Å². The van der Waals surface area contributed by atoms with Gasteiger partial charge in [-0.15, -0.1) is 5.10 Å². The van der Waals surface area contributed by atoms with Gasteiger partial charge in [0, 0.05) is 25.6 Å². The number of amides is 1. The molecule has 2 heterocycles. The molecule has 0 saturated carbocycles. The summed E-state index contributed by atoms with van der Waals surface area (Å²) in [5.41, 5.74) is 0. The minimum Gasteiger partial charge on any atom is -0.381 e. The molecule has 0 N–H and O–H groups in total. The Kier molecular flexibility index (Phi) is 4.63. The number of likely N-dealkylation sites (tertiary alicyclic amines) is 1. The number of hydrogen-bond acceptors (Lipinski definition) is 5. The smallest absolute Gasteiger partial charge is 0.244 e. The van der Waals surface area contributed by atoms with Crippen LogP contribution >= 0.6 is 0 Å². The van der Waals surface area contributed by atoms with Crippen LogP contribution in [0.1, 0.15) is 19.8 Å². The maximum Gasteiger partial charge on any atom is 0.244 e. The molecule has 0 spiro atoms. The molecule has 18 heavy (non-hydrogen) atoms. The summed E-state index contributed by atoms with van der Waals surface area (Å²) in [5, 5.41) is 10.7. The summed E-state index contributed by atoms with van der Waals surface area (Å²) >= 11 is 0. The van der Waals surface area contributed by atoms with Crippen molar-refractivity contribution in [3.05, 3.63) is 6.33 Å². The molecule has 1 aliphatic heterocycles. The van der Waals surface area contributed by atoms with Crippen molar-refractivity contribution in [2.45, 2.75) is 26.3 Å². The molecule has 1 atom stereocenters. The van der Waals surface area contributed by atoms with Crippen LogP contribution in [0, 0.1) is 5.92 Å². The summed E-state index contributed by atoms with van der Waals surface area (Å²) in [5.74, 6) is 0.537. The van der Waals surface area contributed by atoms with E-state index in [9.17, 15) is 4.79 Å². The van der Waals surface area contributed by atoms with E-state index in [1.807, 2.05) is 4.90 Å². The van der Waals surface area contributed by atoms with E-state index in [1.165, 1.54) is 11.0 Å². The SMILES string of the molecule is CCCOC[C@H]1CCN(C(=O)Cn2cnnn2)C1. The van der Waals surface area contributed by atoms with Crippen molar-refractivity contribution in [3.8, 4) is 0 Å². The molecule has 1 amide bonds. The molecule has 2 rings (SSSR count). The topological polar surface area (TPSA) is 73.1 Å². The number of ether oxygens (including phenoxy) is 1. The fourth-order valence-electron chi connectivity index (χ4n) is 2.08. The second-order valence-corrected chi connectivity index (χ2v) is 4.58. The van der Waals surface area contributed by atoms with Crippen LogP contribution in [0.4, 0.5) is 0 Å². The molecule has 7 heteroatoms. The van der Waals surface area contributed by atoms with Crippen LogP contribution in [-0.2, 0) is 16.1 Å². The van der Waals surface area contributed by atoms with Crippen molar-refractivity contribution >= 4 is 5.91 Å². The maximum absolute atomic E-state index is 12.0. The van der Waals surface area contributed by atoms with Crippen molar-refractivity contribution in [3.63, 3.8) is 0 Å². The Labute approximate surface area is 106 Å². The first-order valence-corrected chi connectivity index (χ1v) is 6.36. The molecule has 1 aromatic rings. The molecule has 0 aliphatic carbocycles. The van der Waals surface area contributed by atoms with Gasteiger partial charge in [-0.1, -0.05) is 6.92 Å². The van der Waals surface area contributed by atoms with E-state index in [4.69, 9.17) is 4.74 Å². The van der Waals surface area contributed by atoms with Gasteiger partial charge >= 0.3 is 0 Å². The average Bonchev–Trinajstić information content (AvgIpc) is 3.00. The summed E-state index contributed by atoms with van der Waals surface area (Å²) in [6, 6.07) is 0. The Morgan fingerprint density at radius 1 is 1.56 bits per heavy atom. The van der Waals surface area contributed by atoms with Gasteiger partial charge in [-0.2, -0.15) is 0 Å². The molecule has 7 nitrogen and oxygen atoms in total. The largest absolute Gasteiger partial charge is 0.381 e. The van der Waals surface area contributed by atoms with Gasteiger partial charge in [-0.3, -0.25) is 4.79 Å². The second-order valence-electron chi connectivity index (χ2n) is 4.58. The standard InChI is InChI=1S/C11H19N5O2/c1-2-5-18-8-10-3-4-15(6-10)11(17)7-16-9-12-13-14-16/h9-10H,2-8H2,1H3/t10-/m0/s1. The lowest BCUT2D eigenvalue weighted by molar-refractivity contribution is -0.131. The molecule has 1 saturated heterocycles. The molecule has 1 aliphatic rings. The van der Waals surface area contributed by atoms with Crippen LogP contribution < -0.4 is 0 Å². The van der Waals surface area contributed by atoms with Gasteiger partial charge in [0.25, 0.3) is 0 Å². The molecule has 0 aromatic carbocycles. The predicted molar refractivity (Wildman–Crippen MR) is 63.6 cm³/mol. The first-order valence-electron chi connectivity index (χ1n) is 6.36. The number of nitrogens with zero attached hydrogens (tertiary/aromatic N) is 5. The van der Waals surface area contributed by atoms with E-state index in [0.717, 1.165) is 39.1 Å². The third-order valence-electron chi connectivity index (χ3n) is 3.03. The minimum atomic E-state index is 0.0697. The lowest BCUT2D eigenvalue weighted by atomic mass is 10.1. The van der Waals surface area contributed by atoms with Crippen molar-refractivity contribution in [2.75, 3.05) is 26.3 Å². The van der Waals surface area contributed by atoms with Gasteiger partial charge in [0.15, 0.2) is 0 Å². The second kappa shape index (κ2) is 6.44. The van der Waals surface area contributed by atoms with Crippen LogP contribution in [0.3, 0.4) is 0 Å². The zero-order chi connectivity index (χ0) is 12.8. The highest BCUT2D eigenvalue weighted by atomic mass is 16.5. The zero-order valence-electron chi connectivity index (χ0n) is 10.7. The van der Waals surface area contributed by atoms with Crippen molar-refractivity contribution < 1.29 is 9.53 Å². The van der Waals surface area contributed by atoms with Crippen LogP contribution in [0.5, 0.6) is 0 Å². The van der Waals surface area contributed by atoms with Gasteiger partial charge in [0.1, 0.15) is 12.9 Å². The van der Waals surface area contributed by atoms with E-state index < -0.39 is 0 Å². The molecule has 1 fully saturated rings. The molecule has 1 aromatic heterocycles. The van der Waals surface area contributed by atoms with Crippen molar-refractivity contribution in [2.24, 2.45) is 5.92 Å². The molecular weight excluding hydrogens is 234 g/mol. The Morgan fingerprint density at radius 2 is 2.44 bits per heavy atom. The summed E-state index contributed by atoms with van der Waals surface area (Å²) in [6.07, 6.45) is 3.51. The zero-order valence-corrected chi connectivity index (χ0v) is 10.7. The van der Waals surface area contributed by atoms with Gasteiger partial charge in [0.2, 0.25) is 5.91 Å². The lowest BCUT2D eigenvalue weighted by Crippen LogP contribution is -2.32. The van der Waals surface area contributed by atoms with E-state index in [0.29, 0.717) is 5.92 Å². The van der Waals surface area contributed by atoms with Gasteiger partial charge in [0.05, 0.1) is 6.61 Å². The highest BCUT2D eigenvalue weighted by Gasteiger charge is 2.26. The third-order valence-corrected chi connectivity index (χ3v) is 3.03. The van der Waals surface area contributed by atoms with Crippen LogP contribution in [0.2, 0.25) is 0 Å². The van der Waals surface area contributed by atoms with Crippen LogP contribution in [0.25, 0.3) is 0 Å². The van der Waals surface area contributed by atoms with Gasteiger partial charge in [-0.25, -0.2) is 4.68 Å². The quantitative estimate of drug-likeness (QED) is 0.664. The number of aromatic nitrogens is 4. The number of tetrazole rings is 1. The van der Waals surface area contributed by atoms with E-state index in [-0.39, 0.29) is 12.5 Å². The van der Waals surface area contributed by atoms with Crippen molar-refractivity contribution in [1.82, 2.24) is 25.1 Å². The first kappa shape index (κ1) is 12.9.